The molecule has 0 spiro atoms. The van der Waals surface area contributed by atoms with Crippen LogP contribution in [0, 0.1) is 0 Å². The highest BCUT2D eigenvalue weighted by atomic mass is 16.2. The molecule has 0 aliphatic rings. The van der Waals surface area contributed by atoms with Crippen molar-refractivity contribution in [2.45, 2.75) is 6.42 Å². The molecule has 0 bridgehead atoms. The molecular weight excluding hydrogens is 216 g/mol. The Bertz CT molecular complexity index is 408. The van der Waals surface area contributed by atoms with E-state index in [4.69, 9.17) is 0 Å². The second-order valence-electron chi connectivity index (χ2n) is 4.33. The number of rotatable bonds is 4. The Hall–Kier alpha value is -1.84. The summed E-state index contributed by atoms with van der Waals surface area (Å²) in [7, 11) is 7.16. The first-order valence-corrected chi connectivity index (χ1v) is 5.42. The quantitative estimate of drug-likeness (QED) is 0.584. The molecule has 1 amide bonds. The topological polar surface area (TPSA) is 40.6 Å². The van der Waals surface area contributed by atoms with E-state index in [1.165, 1.54) is 4.90 Å². The summed E-state index contributed by atoms with van der Waals surface area (Å²) < 4.78 is 0. The van der Waals surface area contributed by atoms with Crippen molar-refractivity contribution in [3.63, 3.8) is 0 Å². The van der Waals surface area contributed by atoms with Gasteiger partial charge in [-0.25, -0.2) is 0 Å². The van der Waals surface area contributed by atoms with Crippen LogP contribution in [0.15, 0.2) is 24.3 Å². The molecule has 0 aromatic heterocycles. The maximum atomic E-state index is 11.8. The highest BCUT2D eigenvalue weighted by Crippen LogP contribution is 2.13. The summed E-state index contributed by atoms with van der Waals surface area (Å²) in [5.74, 6) is -0.319. The smallest absolute Gasteiger partial charge is 0.229 e. The average molecular weight is 234 g/mol. The van der Waals surface area contributed by atoms with Gasteiger partial charge in [-0.15, -0.1) is 0 Å². The third-order valence-corrected chi connectivity index (χ3v) is 2.52. The predicted molar refractivity (Wildman–Crippen MR) is 68.4 cm³/mol. The van der Waals surface area contributed by atoms with Gasteiger partial charge in [0.05, 0.1) is 6.42 Å². The first-order chi connectivity index (χ1) is 7.91. The lowest BCUT2D eigenvalue weighted by Gasteiger charge is -2.13. The van der Waals surface area contributed by atoms with E-state index in [1.807, 2.05) is 31.1 Å². The first kappa shape index (κ1) is 13.2. The summed E-state index contributed by atoms with van der Waals surface area (Å²) in [5.41, 5.74) is 1.60. The van der Waals surface area contributed by atoms with Gasteiger partial charge in [0, 0.05) is 39.4 Å². The van der Waals surface area contributed by atoms with Crippen molar-refractivity contribution in [1.29, 1.82) is 0 Å². The lowest BCUT2D eigenvalue weighted by molar-refractivity contribution is -0.127. The Balaban J connectivity index is 2.73. The van der Waals surface area contributed by atoms with E-state index in [0.29, 0.717) is 5.56 Å². The third-order valence-electron chi connectivity index (χ3n) is 2.52. The summed E-state index contributed by atoms with van der Waals surface area (Å²) in [5, 5.41) is 0. The number of amides is 1. The Morgan fingerprint density at radius 2 is 1.53 bits per heavy atom. The highest BCUT2D eigenvalue weighted by Gasteiger charge is 2.13. The molecule has 17 heavy (non-hydrogen) atoms. The minimum atomic E-state index is -0.174. The van der Waals surface area contributed by atoms with Gasteiger partial charge in [0.15, 0.2) is 5.78 Å². The lowest BCUT2D eigenvalue weighted by Crippen LogP contribution is -2.24. The lowest BCUT2D eigenvalue weighted by atomic mass is 10.1. The van der Waals surface area contributed by atoms with Crippen molar-refractivity contribution >= 4 is 17.4 Å². The summed E-state index contributed by atoms with van der Waals surface area (Å²) in [4.78, 5) is 26.6. The summed E-state index contributed by atoms with van der Waals surface area (Å²) in [6, 6.07) is 7.24. The Morgan fingerprint density at radius 3 is 1.94 bits per heavy atom. The van der Waals surface area contributed by atoms with Crippen LogP contribution in [0.2, 0.25) is 0 Å². The van der Waals surface area contributed by atoms with E-state index in [9.17, 15) is 9.59 Å². The van der Waals surface area contributed by atoms with Crippen molar-refractivity contribution in [2.24, 2.45) is 0 Å². The van der Waals surface area contributed by atoms with Gasteiger partial charge in [-0.2, -0.15) is 0 Å². The Morgan fingerprint density at radius 1 is 1.00 bits per heavy atom. The minimum Gasteiger partial charge on any atom is -0.378 e. The second kappa shape index (κ2) is 5.48. The SMILES string of the molecule is CN(C)C(=O)CC(=O)c1ccc(N(C)C)cc1. The van der Waals surface area contributed by atoms with Crippen LogP contribution in [0.25, 0.3) is 0 Å². The van der Waals surface area contributed by atoms with Crippen LogP contribution in [-0.2, 0) is 4.79 Å². The highest BCUT2D eigenvalue weighted by molar-refractivity contribution is 6.07. The maximum absolute atomic E-state index is 11.8. The zero-order valence-corrected chi connectivity index (χ0v) is 10.7. The molecule has 0 fully saturated rings. The molecule has 0 unspecified atom stereocenters. The van der Waals surface area contributed by atoms with Crippen molar-refractivity contribution in [1.82, 2.24) is 4.90 Å². The van der Waals surface area contributed by atoms with Gasteiger partial charge in [-0.05, 0) is 24.3 Å². The molecule has 0 atom stereocenters. The fourth-order valence-electron chi connectivity index (χ4n) is 1.34. The van der Waals surface area contributed by atoms with E-state index < -0.39 is 0 Å². The zero-order chi connectivity index (χ0) is 13.0. The molecule has 1 rings (SSSR count). The van der Waals surface area contributed by atoms with Gasteiger partial charge in [0.2, 0.25) is 5.91 Å². The molecule has 0 aliphatic heterocycles. The van der Waals surface area contributed by atoms with E-state index in [2.05, 4.69) is 0 Å². The number of ketones is 1. The number of hydrogen-bond donors (Lipinski definition) is 0. The van der Waals surface area contributed by atoms with Crippen molar-refractivity contribution < 1.29 is 9.59 Å². The van der Waals surface area contributed by atoms with E-state index in [-0.39, 0.29) is 18.1 Å². The Labute approximate surface area is 102 Å². The largest absolute Gasteiger partial charge is 0.378 e. The van der Waals surface area contributed by atoms with Crippen LogP contribution < -0.4 is 4.90 Å². The van der Waals surface area contributed by atoms with Crippen LogP contribution in [0.1, 0.15) is 16.8 Å². The average Bonchev–Trinajstić information content (AvgIpc) is 2.28. The standard InChI is InChI=1S/C13H18N2O2/c1-14(2)11-7-5-10(6-8-11)12(16)9-13(17)15(3)4/h5-8H,9H2,1-4H3. The van der Waals surface area contributed by atoms with Gasteiger partial charge in [-0.1, -0.05) is 0 Å². The Kier molecular flexibility index (Phi) is 4.26. The van der Waals surface area contributed by atoms with E-state index >= 15 is 0 Å². The molecule has 0 heterocycles. The van der Waals surface area contributed by atoms with Crippen LogP contribution in [0.5, 0.6) is 0 Å². The minimum absolute atomic E-state index is 0.0751. The molecule has 0 N–H and O–H groups in total. The van der Waals surface area contributed by atoms with Crippen molar-refractivity contribution in [2.75, 3.05) is 33.1 Å². The summed E-state index contributed by atoms with van der Waals surface area (Å²) in [6.45, 7) is 0. The monoisotopic (exact) mass is 234 g/mol. The normalized spacial score (nSPS) is 9.88. The molecule has 4 nitrogen and oxygen atoms in total. The predicted octanol–water partition coefficient (Wildman–Crippen LogP) is 1.41. The van der Waals surface area contributed by atoms with Gasteiger partial charge in [0.25, 0.3) is 0 Å². The summed E-state index contributed by atoms with van der Waals surface area (Å²) >= 11 is 0. The zero-order valence-electron chi connectivity index (χ0n) is 10.7. The molecule has 0 saturated carbocycles. The molecule has 4 heteroatoms. The van der Waals surface area contributed by atoms with Crippen molar-refractivity contribution in [3.05, 3.63) is 29.8 Å². The number of benzene rings is 1. The molecule has 0 radical (unpaired) electrons. The fraction of sp³-hybridized carbons (Fsp3) is 0.385. The van der Waals surface area contributed by atoms with Crippen LogP contribution in [0.4, 0.5) is 5.69 Å². The number of anilines is 1. The first-order valence-electron chi connectivity index (χ1n) is 5.42. The molecule has 1 aromatic carbocycles. The van der Waals surface area contributed by atoms with E-state index in [1.54, 1.807) is 26.2 Å². The third kappa shape index (κ3) is 3.59. The number of nitrogens with zero attached hydrogens (tertiary/aromatic N) is 2. The molecule has 0 aliphatic carbocycles. The molecular formula is C13H18N2O2. The molecule has 92 valence electrons. The molecule has 0 saturated heterocycles. The van der Waals surface area contributed by atoms with Crippen LogP contribution >= 0.6 is 0 Å². The fourth-order valence-corrected chi connectivity index (χ4v) is 1.34. The van der Waals surface area contributed by atoms with Crippen LogP contribution in [0.3, 0.4) is 0 Å². The number of carbonyl (C=O) groups is 2. The maximum Gasteiger partial charge on any atom is 0.229 e. The number of carbonyl (C=O) groups excluding carboxylic acids is 2. The van der Waals surface area contributed by atoms with Gasteiger partial charge in [0.1, 0.15) is 0 Å². The number of Topliss-reactive ketones (excluding diaryl/α,β-unsaturated/α-hetero) is 1. The van der Waals surface area contributed by atoms with Gasteiger partial charge in [-0.3, -0.25) is 9.59 Å². The van der Waals surface area contributed by atoms with E-state index in [0.717, 1.165) is 5.69 Å². The van der Waals surface area contributed by atoms with Gasteiger partial charge < -0.3 is 9.80 Å². The second-order valence-corrected chi connectivity index (χ2v) is 4.33. The van der Waals surface area contributed by atoms with Crippen molar-refractivity contribution in [3.8, 4) is 0 Å². The van der Waals surface area contributed by atoms with Gasteiger partial charge >= 0.3 is 0 Å². The molecule has 1 aromatic rings. The number of hydrogen-bond acceptors (Lipinski definition) is 3. The summed E-state index contributed by atoms with van der Waals surface area (Å²) in [6.07, 6.45) is -0.0751. The van der Waals surface area contributed by atoms with Crippen LogP contribution in [-0.4, -0.2) is 44.8 Å².